The SMILES string of the molecule is CCOC(=O)Cc1csc(NC(=O)CN(C)[C@H]2CCS(=O)(=O)C2)n1. The van der Waals surface area contributed by atoms with E-state index in [-0.39, 0.29) is 42.4 Å². The molecule has 2 heterocycles. The van der Waals surface area contributed by atoms with Gasteiger partial charge in [-0.3, -0.25) is 14.5 Å². The van der Waals surface area contributed by atoms with Crippen molar-refractivity contribution in [1.82, 2.24) is 9.88 Å². The molecule has 10 heteroatoms. The van der Waals surface area contributed by atoms with Crippen LogP contribution in [0.3, 0.4) is 0 Å². The number of thiazole rings is 1. The lowest BCUT2D eigenvalue weighted by Gasteiger charge is -2.21. The van der Waals surface area contributed by atoms with Crippen LogP contribution >= 0.6 is 11.3 Å². The van der Waals surface area contributed by atoms with Crippen molar-refractivity contribution in [1.29, 1.82) is 0 Å². The molecule has 24 heavy (non-hydrogen) atoms. The molecule has 8 nitrogen and oxygen atoms in total. The molecular weight excluding hydrogens is 354 g/mol. The van der Waals surface area contributed by atoms with Gasteiger partial charge in [0.15, 0.2) is 15.0 Å². The van der Waals surface area contributed by atoms with Crippen molar-refractivity contribution in [2.45, 2.75) is 25.8 Å². The van der Waals surface area contributed by atoms with Crippen molar-refractivity contribution >= 4 is 38.2 Å². The number of nitrogens with zero attached hydrogens (tertiary/aromatic N) is 2. The molecule has 0 aromatic carbocycles. The minimum Gasteiger partial charge on any atom is -0.466 e. The van der Waals surface area contributed by atoms with Crippen LogP contribution in [-0.2, 0) is 30.6 Å². The lowest BCUT2D eigenvalue weighted by molar-refractivity contribution is -0.142. The number of sulfone groups is 1. The summed E-state index contributed by atoms with van der Waals surface area (Å²) in [4.78, 5) is 29.4. The number of anilines is 1. The topological polar surface area (TPSA) is 106 Å². The van der Waals surface area contributed by atoms with E-state index in [0.717, 1.165) is 0 Å². The normalized spacial score (nSPS) is 19.4. The standard InChI is InChI=1S/C14H21N3O5S2/c1-3-22-13(19)6-10-8-23-14(15-10)16-12(18)7-17(2)11-4-5-24(20,21)9-11/h8,11H,3-7,9H2,1-2H3,(H,15,16,18)/t11-/m0/s1. The molecular formula is C14H21N3O5S2. The van der Waals surface area contributed by atoms with Crippen LogP contribution in [0.15, 0.2) is 5.38 Å². The second kappa shape index (κ2) is 8.04. The number of nitrogens with one attached hydrogen (secondary N) is 1. The van der Waals surface area contributed by atoms with Gasteiger partial charge in [0, 0.05) is 11.4 Å². The van der Waals surface area contributed by atoms with E-state index < -0.39 is 9.84 Å². The van der Waals surface area contributed by atoms with E-state index in [1.54, 1.807) is 24.3 Å². The van der Waals surface area contributed by atoms with Crippen molar-refractivity contribution in [2.24, 2.45) is 0 Å². The molecule has 0 saturated carbocycles. The molecule has 0 unspecified atom stereocenters. The highest BCUT2D eigenvalue weighted by Crippen LogP contribution is 2.18. The van der Waals surface area contributed by atoms with Crippen LogP contribution in [-0.4, -0.2) is 67.9 Å². The van der Waals surface area contributed by atoms with Crippen molar-refractivity contribution in [3.63, 3.8) is 0 Å². The minimum absolute atomic E-state index is 0.0695. The molecule has 1 aliphatic rings. The molecule has 1 aromatic heterocycles. The number of carbonyl (C=O) groups excluding carboxylic acids is 2. The number of likely N-dealkylation sites (N-methyl/N-ethyl adjacent to an activating group) is 1. The minimum atomic E-state index is -2.98. The number of hydrogen-bond donors (Lipinski definition) is 1. The predicted molar refractivity (Wildman–Crippen MR) is 90.8 cm³/mol. The summed E-state index contributed by atoms with van der Waals surface area (Å²) in [5, 5.41) is 4.77. The monoisotopic (exact) mass is 375 g/mol. The molecule has 134 valence electrons. The number of rotatable bonds is 7. The first-order valence-electron chi connectivity index (χ1n) is 7.59. The summed E-state index contributed by atoms with van der Waals surface area (Å²) in [6.45, 7) is 2.14. The van der Waals surface area contributed by atoms with Crippen molar-refractivity contribution in [3.8, 4) is 0 Å². The number of hydrogen-bond acceptors (Lipinski definition) is 8. The predicted octanol–water partition coefficient (Wildman–Crippen LogP) is 0.306. The van der Waals surface area contributed by atoms with Gasteiger partial charge in [-0.05, 0) is 20.4 Å². The summed E-state index contributed by atoms with van der Waals surface area (Å²) in [6.07, 6.45) is 0.618. The highest BCUT2D eigenvalue weighted by Gasteiger charge is 2.31. The van der Waals surface area contributed by atoms with Crippen molar-refractivity contribution in [2.75, 3.05) is 37.0 Å². The molecule has 0 bridgehead atoms. The summed E-state index contributed by atoms with van der Waals surface area (Å²) < 4.78 is 27.8. The summed E-state index contributed by atoms with van der Waals surface area (Å²) in [7, 11) is -1.24. The largest absolute Gasteiger partial charge is 0.466 e. The second-order valence-electron chi connectivity index (χ2n) is 5.65. The molecule has 0 spiro atoms. The van der Waals surface area contributed by atoms with E-state index in [1.807, 2.05) is 0 Å². The first kappa shape index (κ1) is 18.8. The molecule has 0 radical (unpaired) electrons. The fourth-order valence-electron chi connectivity index (χ4n) is 2.44. The van der Waals surface area contributed by atoms with Gasteiger partial charge in [-0.2, -0.15) is 0 Å². The maximum atomic E-state index is 12.0. The summed E-state index contributed by atoms with van der Waals surface area (Å²) in [5.41, 5.74) is 0.545. The van der Waals surface area contributed by atoms with E-state index in [1.165, 1.54) is 11.3 Å². The zero-order valence-corrected chi connectivity index (χ0v) is 15.3. The Bertz CT molecular complexity index is 701. The lowest BCUT2D eigenvalue weighted by Crippen LogP contribution is -2.38. The van der Waals surface area contributed by atoms with Gasteiger partial charge < -0.3 is 10.1 Å². The van der Waals surface area contributed by atoms with Crippen molar-refractivity contribution < 1.29 is 22.7 Å². The summed E-state index contributed by atoms with van der Waals surface area (Å²) in [5.74, 6) is -0.355. The Morgan fingerprint density at radius 3 is 2.88 bits per heavy atom. The van der Waals surface area contributed by atoms with Crippen LogP contribution in [0.5, 0.6) is 0 Å². The maximum Gasteiger partial charge on any atom is 0.311 e. The molecule has 1 N–H and O–H groups in total. The molecule has 1 aliphatic heterocycles. The van der Waals surface area contributed by atoms with Gasteiger partial charge in [-0.25, -0.2) is 13.4 Å². The summed E-state index contributed by atoms with van der Waals surface area (Å²) in [6, 6.07) is -0.128. The van der Waals surface area contributed by atoms with Gasteiger partial charge in [0.25, 0.3) is 0 Å². The number of aromatic nitrogens is 1. The Balaban J connectivity index is 1.82. The molecule has 1 fully saturated rings. The average Bonchev–Trinajstić information content (AvgIpc) is 3.05. The highest BCUT2D eigenvalue weighted by molar-refractivity contribution is 7.91. The van der Waals surface area contributed by atoms with Gasteiger partial charge >= 0.3 is 5.97 Å². The fourth-order valence-corrected chi connectivity index (χ4v) is 4.97. The number of amides is 1. The molecule has 2 rings (SSSR count). The van der Waals surface area contributed by atoms with E-state index in [2.05, 4.69) is 10.3 Å². The quantitative estimate of drug-likeness (QED) is 0.684. The Morgan fingerprint density at radius 2 is 2.25 bits per heavy atom. The molecule has 1 saturated heterocycles. The van der Waals surface area contributed by atoms with E-state index in [0.29, 0.717) is 23.9 Å². The average molecular weight is 375 g/mol. The van der Waals surface area contributed by atoms with Gasteiger partial charge in [0.1, 0.15) is 0 Å². The first-order chi connectivity index (χ1) is 11.3. The molecule has 1 atom stereocenters. The van der Waals surface area contributed by atoms with E-state index in [9.17, 15) is 18.0 Å². The van der Waals surface area contributed by atoms with E-state index >= 15 is 0 Å². The Hall–Kier alpha value is -1.52. The molecule has 0 aliphatic carbocycles. The number of carbonyl (C=O) groups is 2. The fraction of sp³-hybridized carbons (Fsp3) is 0.643. The van der Waals surface area contributed by atoms with Crippen LogP contribution in [0.4, 0.5) is 5.13 Å². The third-order valence-electron chi connectivity index (χ3n) is 3.65. The number of esters is 1. The maximum absolute atomic E-state index is 12.0. The van der Waals surface area contributed by atoms with Crippen LogP contribution in [0.25, 0.3) is 0 Å². The molecule has 1 aromatic rings. The van der Waals surface area contributed by atoms with E-state index in [4.69, 9.17) is 4.74 Å². The van der Waals surface area contributed by atoms with Gasteiger partial charge in [0.05, 0.1) is 36.8 Å². The van der Waals surface area contributed by atoms with Crippen LogP contribution in [0, 0.1) is 0 Å². The smallest absolute Gasteiger partial charge is 0.311 e. The molecule has 1 amide bonds. The van der Waals surface area contributed by atoms with Gasteiger partial charge in [0.2, 0.25) is 5.91 Å². The highest BCUT2D eigenvalue weighted by atomic mass is 32.2. The number of ether oxygens (including phenoxy) is 1. The van der Waals surface area contributed by atoms with Crippen LogP contribution in [0.1, 0.15) is 19.0 Å². The van der Waals surface area contributed by atoms with Gasteiger partial charge in [-0.1, -0.05) is 0 Å². The third-order valence-corrected chi connectivity index (χ3v) is 6.21. The third kappa shape index (κ3) is 5.53. The zero-order valence-electron chi connectivity index (χ0n) is 13.6. The zero-order chi connectivity index (χ0) is 17.7. The Labute approximate surface area is 145 Å². The Kier molecular flexibility index (Phi) is 6.30. The Morgan fingerprint density at radius 1 is 1.50 bits per heavy atom. The lowest BCUT2D eigenvalue weighted by atomic mass is 10.2. The first-order valence-corrected chi connectivity index (χ1v) is 10.3. The summed E-state index contributed by atoms with van der Waals surface area (Å²) >= 11 is 1.23. The van der Waals surface area contributed by atoms with Crippen LogP contribution < -0.4 is 5.32 Å². The second-order valence-corrected chi connectivity index (χ2v) is 8.73. The van der Waals surface area contributed by atoms with Crippen LogP contribution in [0.2, 0.25) is 0 Å². The van der Waals surface area contributed by atoms with Gasteiger partial charge in [-0.15, -0.1) is 11.3 Å². The van der Waals surface area contributed by atoms with Crippen molar-refractivity contribution in [3.05, 3.63) is 11.1 Å².